The van der Waals surface area contributed by atoms with E-state index in [1.165, 1.54) is 186 Å². The average molecular weight is 1000 g/mol. The van der Waals surface area contributed by atoms with Crippen LogP contribution in [-0.4, -0.2) is 98.9 Å². The number of aliphatic hydroxyl groups is 5. The molecule has 0 heterocycles. The Balaban J connectivity index is 2.28. The molecule has 6 atom stereocenters. The fourth-order valence-corrected chi connectivity index (χ4v) is 10.0. The summed E-state index contributed by atoms with van der Waals surface area (Å²) in [6, 6.07) is 0. The lowest BCUT2D eigenvalue weighted by molar-refractivity contribution is -0.220. The molecule has 0 aromatic rings. The van der Waals surface area contributed by atoms with Gasteiger partial charge >= 0.3 is 13.8 Å². The summed E-state index contributed by atoms with van der Waals surface area (Å²) in [7, 11) is -5.02. The first-order valence-electron chi connectivity index (χ1n) is 28.7. The third-order valence-electron chi connectivity index (χ3n) is 13.6. The first kappa shape index (κ1) is 65.8. The fraction of sp³-hybridized carbons (Fsp3) is 0.911. The summed E-state index contributed by atoms with van der Waals surface area (Å²) >= 11 is 0. The van der Waals surface area contributed by atoms with Crippen LogP contribution in [0.4, 0.5) is 0 Å². The van der Waals surface area contributed by atoms with E-state index in [1.807, 2.05) is 0 Å². The van der Waals surface area contributed by atoms with Crippen LogP contribution in [-0.2, 0) is 27.9 Å². The highest BCUT2D eigenvalue weighted by molar-refractivity contribution is 7.47. The Labute approximate surface area is 421 Å². The molecule has 0 aromatic carbocycles. The summed E-state index contributed by atoms with van der Waals surface area (Å²) in [5.74, 6) is -0.476. The average Bonchev–Trinajstić information content (AvgIpc) is 3.34. The molecule has 6 unspecified atom stereocenters. The van der Waals surface area contributed by atoms with Crippen molar-refractivity contribution in [1.29, 1.82) is 0 Å². The lowest BCUT2D eigenvalue weighted by Crippen LogP contribution is -2.64. The highest BCUT2D eigenvalue weighted by atomic mass is 31.2. The van der Waals surface area contributed by atoms with Crippen LogP contribution in [0.5, 0.6) is 0 Å². The van der Waals surface area contributed by atoms with E-state index in [0.29, 0.717) is 13.0 Å². The molecule has 1 fully saturated rings. The number of ether oxygens (including phenoxy) is 2. The van der Waals surface area contributed by atoms with Crippen molar-refractivity contribution in [1.82, 2.24) is 0 Å². The molecule has 1 rings (SSSR count). The smallest absolute Gasteiger partial charge is 0.457 e. The number of carbonyl (C=O) groups is 1. The number of rotatable bonds is 50. The molecule has 1 aliphatic rings. The topological polar surface area (TPSA) is 192 Å². The molecular formula is C56H107O12P. The quantitative estimate of drug-likeness (QED) is 0.0146. The van der Waals surface area contributed by atoms with E-state index in [-0.39, 0.29) is 13.0 Å². The SMILES string of the molecule is CCCCCCC/C=C\C/C=C\CCCCCCCCCCCC(=O)OC(COCCCCCCCCCCCCCCCCCCCCCCC)COP(=O)(O)OC1C(O)C(O)C(O)C(O)C1O. The molecule has 0 aliphatic heterocycles. The summed E-state index contributed by atoms with van der Waals surface area (Å²) in [6.45, 7) is 4.31. The van der Waals surface area contributed by atoms with Crippen molar-refractivity contribution in [3.05, 3.63) is 24.3 Å². The van der Waals surface area contributed by atoms with Crippen LogP contribution in [0.3, 0.4) is 0 Å². The Morgan fingerprint density at radius 1 is 0.464 bits per heavy atom. The number of hydrogen-bond acceptors (Lipinski definition) is 11. The minimum atomic E-state index is -5.02. The zero-order valence-corrected chi connectivity index (χ0v) is 45.0. The van der Waals surface area contributed by atoms with Crippen molar-refractivity contribution in [3.8, 4) is 0 Å². The van der Waals surface area contributed by atoms with Gasteiger partial charge in [-0.05, 0) is 44.9 Å². The number of esters is 1. The predicted molar refractivity (Wildman–Crippen MR) is 281 cm³/mol. The van der Waals surface area contributed by atoms with Gasteiger partial charge in [-0.25, -0.2) is 4.57 Å². The van der Waals surface area contributed by atoms with Crippen LogP contribution in [0.25, 0.3) is 0 Å². The van der Waals surface area contributed by atoms with Crippen LogP contribution in [0, 0.1) is 0 Å². The van der Waals surface area contributed by atoms with Crippen LogP contribution in [0.1, 0.15) is 264 Å². The third-order valence-corrected chi connectivity index (χ3v) is 14.6. The Morgan fingerprint density at radius 2 is 0.812 bits per heavy atom. The Kier molecular flexibility index (Phi) is 44.5. The number of unbranched alkanes of at least 4 members (excludes halogenated alkanes) is 34. The maximum absolute atomic E-state index is 12.9. The molecule has 69 heavy (non-hydrogen) atoms. The number of allylic oxidation sites excluding steroid dienone is 4. The molecule has 0 aromatic heterocycles. The maximum Gasteiger partial charge on any atom is 0.472 e. The zero-order valence-electron chi connectivity index (χ0n) is 44.1. The van der Waals surface area contributed by atoms with E-state index in [2.05, 4.69) is 38.2 Å². The number of phosphoric ester groups is 1. The normalized spacial score (nSPS) is 21.1. The summed E-state index contributed by atoms with van der Waals surface area (Å²) in [4.78, 5) is 23.3. The van der Waals surface area contributed by atoms with Crippen LogP contribution in [0.15, 0.2) is 24.3 Å². The molecule has 0 amide bonds. The van der Waals surface area contributed by atoms with Crippen LogP contribution in [0.2, 0.25) is 0 Å². The van der Waals surface area contributed by atoms with E-state index < -0.39 is 63.1 Å². The molecule has 12 nitrogen and oxygen atoms in total. The van der Waals surface area contributed by atoms with Crippen molar-refractivity contribution in [2.24, 2.45) is 0 Å². The molecule has 0 spiro atoms. The van der Waals surface area contributed by atoms with Crippen molar-refractivity contribution in [3.63, 3.8) is 0 Å². The van der Waals surface area contributed by atoms with Gasteiger partial charge in [-0.3, -0.25) is 13.8 Å². The molecular weight excluding hydrogens is 896 g/mol. The van der Waals surface area contributed by atoms with E-state index in [4.69, 9.17) is 18.5 Å². The molecule has 1 aliphatic carbocycles. The number of carbonyl (C=O) groups excluding carboxylic acids is 1. The maximum atomic E-state index is 12.9. The second-order valence-corrected chi connectivity index (χ2v) is 21.6. The number of phosphoric acid groups is 1. The van der Waals surface area contributed by atoms with Crippen LogP contribution >= 0.6 is 7.82 Å². The molecule has 1 saturated carbocycles. The second kappa shape index (κ2) is 46.6. The van der Waals surface area contributed by atoms with E-state index in [1.54, 1.807) is 0 Å². The van der Waals surface area contributed by atoms with Gasteiger partial charge in [-0.1, -0.05) is 237 Å². The van der Waals surface area contributed by atoms with Gasteiger partial charge in [0.2, 0.25) is 0 Å². The van der Waals surface area contributed by atoms with E-state index in [0.717, 1.165) is 51.4 Å². The summed E-state index contributed by atoms with van der Waals surface area (Å²) < 4.78 is 34.4. The molecule has 13 heteroatoms. The Morgan fingerprint density at radius 3 is 1.22 bits per heavy atom. The largest absolute Gasteiger partial charge is 0.472 e. The van der Waals surface area contributed by atoms with Gasteiger partial charge in [-0.2, -0.15) is 0 Å². The first-order valence-corrected chi connectivity index (χ1v) is 30.2. The van der Waals surface area contributed by atoms with Gasteiger partial charge in [-0.15, -0.1) is 0 Å². The molecule has 0 bridgehead atoms. The third kappa shape index (κ3) is 38.1. The highest BCUT2D eigenvalue weighted by Gasteiger charge is 2.51. The lowest BCUT2D eigenvalue weighted by Gasteiger charge is -2.41. The Hall–Kier alpha value is -1.18. The van der Waals surface area contributed by atoms with Crippen molar-refractivity contribution >= 4 is 13.8 Å². The lowest BCUT2D eigenvalue weighted by atomic mass is 9.85. The van der Waals surface area contributed by atoms with Gasteiger partial charge < -0.3 is 39.9 Å². The molecule has 0 saturated heterocycles. The standard InChI is InChI=1S/C56H107O12P/c1-3-5-7-9-11-13-15-17-19-21-23-25-27-29-31-33-35-37-39-41-43-45-50(57)67-49(48-66-69(63,64)68-56-54(61)52(59)51(58)53(60)55(56)62)47-65-46-44-42-40-38-36-34-32-30-28-26-24-22-20-18-16-14-12-10-8-6-4-2/h15,17,21,23,49,51-56,58-62H,3-14,16,18-20,22,24-48H2,1-2H3,(H,63,64)/b17-15-,23-21-. The number of hydrogen-bond donors (Lipinski definition) is 6. The van der Waals surface area contributed by atoms with Gasteiger partial charge in [0.25, 0.3) is 0 Å². The van der Waals surface area contributed by atoms with E-state index in [9.17, 15) is 39.8 Å². The monoisotopic (exact) mass is 1000 g/mol. The minimum Gasteiger partial charge on any atom is -0.457 e. The minimum absolute atomic E-state index is 0.0732. The van der Waals surface area contributed by atoms with Crippen molar-refractivity contribution < 1.29 is 58.3 Å². The molecule has 6 N–H and O–H groups in total. The van der Waals surface area contributed by atoms with Gasteiger partial charge in [0.1, 0.15) is 42.7 Å². The van der Waals surface area contributed by atoms with Crippen molar-refractivity contribution in [2.75, 3.05) is 19.8 Å². The second-order valence-electron chi connectivity index (χ2n) is 20.1. The summed E-state index contributed by atoms with van der Waals surface area (Å²) in [5, 5.41) is 50.4. The van der Waals surface area contributed by atoms with Crippen molar-refractivity contribution in [2.45, 2.75) is 307 Å². The number of aliphatic hydroxyl groups excluding tert-OH is 5. The van der Waals surface area contributed by atoms with Gasteiger partial charge in [0, 0.05) is 13.0 Å². The predicted octanol–water partition coefficient (Wildman–Crippen LogP) is 13.6. The van der Waals surface area contributed by atoms with Gasteiger partial charge in [0.05, 0.1) is 13.2 Å². The fourth-order valence-electron chi connectivity index (χ4n) is 9.04. The summed E-state index contributed by atoms with van der Waals surface area (Å²) in [6.07, 6.45) is 43.9. The first-order chi connectivity index (χ1) is 33.5. The zero-order chi connectivity index (χ0) is 50.5. The van der Waals surface area contributed by atoms with Gasteiger partial charge in [0.15, 0.2) is 0 Å². The molecule has 408 valence electrons. The summed E-state index contributed by atoms with van der Waals surface area (Å²) in [5.41, 5.74) is 0. The van der Waals surface area contributed by atoms with E-state index >= 15 is 0 Å². The van der Waals surface area contributed by atoms with Crippen LogP contribution < -0.4 is 0 Å². The highest BCUT2D eigenvalue weighted by Crippen LogP contribution is 2.47. The molecule has 0 radical (unpaired) electrons. The Bertz CT molecular complexity index is 1240.